The van der Waals surface area contributed by atoms with Crippen molar-refractivity contribution in [3.8, 4) is 0 Å². The molecule has 0 aliphatic rings. The number of hydrogen-bond donors (Lipinski definition) is 0. The van der Waals surface area contributed by atoms with E-state index in [-0.39, 0.29) is 0 Å². The Morgan fingerprint density at radius 1 is 1.19 bits per heavy atom. The van der Waals surface area contributed by atoms with Crippen LogP contribution in [0.25, 0.3) is 0 Å². The first-order valence-corrected chi connectivity index (χ1v) is 6.15. The molecule has 0 radical (unpaired) electrons. The van der Waals surface area contributed by atoms with E-state index in [1.807, 2.05) is 13.0 Å². The Hall–Kier alpha value is -0.890. The molecule has 0 fully saturated rings. The van der Waals surface area contributed by atoms with Crippen molar-refractivity contribution in [2.45, 2.75) is 47.2 Å². The second-order valence-electron chi connectivity index (χ2n) is 5.19. The van der Waals surface area contributed by atoms with Crippen LogP contribution in [0.3, 0.4) is 0 Å². The summed E-state index contributed by atoms with van der Waals surface area (Å²) >= 11 is 0. The molecule has 1 heterocycles. The highest BCUT2D eigenvalue weighted by molar-refractivity contribution is 5.09. The van der Waals surface area contributed by atoms with E-state index in [0.717, 1.165) is 18.8 Å². The molecule has 0 amide bonds. The fourth-order valence-electron chi connectivity index (χ4n) is 1.82. The fraction of sp³-hybridized carbons (Fsp3) is 0.643. The van der Waals surface area contributed by atoms with Gasteiger partial charge in [0.1, 0.15) is 0 Å². The Balaban J connectivity index is 2.68. The molecule has 0 saturated carbocycles. The van der Waals surface area contributed by atoms with Gasteiger partial charge in [-0.2, -0.15) is 0 Å². The third kappa shape index (κ3) is 4.31. The molecule has 90 valence electrons. The Bertz CT molecular complexity index is 318. The minimum absolute atomic E-state index is 0.574. The van der Waals surface area contributed by atoms with E-state index in [1.54, 1.807) is 0 Å². The van der Waals surface area contributed by atoms with Crippen molar-refractivity contribution < 1.29 is 0 Å². The molecule has 0 unspecified atom stereocenters. The topological polar surface area (TPSA) is 16.1 Å². The minimum atomic E-state index is 0.574. The smallest absolute Gasteiger partial charge is 0.0547 e. The Morgan fingerprint density at radius 3 is 2.38 bits per heavy atom. The molecule has 0 spiro atoms. The lowest BCUT2D eigenvalue weighted by atomic mass is 10.1. The van der Waals surface area contributed by atoms with E-state index < -0.39 is 0 Å². The van der Waals surface area contributed by atoms with E-state index in [2.05, 4.69) is 49.7 Å². The quantitative estimate of drug-likeness (QED) is 0.757. The molecule has 0 aliphatic heterocycles. The van der Waals surface area contributed by atoms with Gasteiger partial charge in [-0.15, -0.1) is 0 Å². The number of pyridine rings is 1. The van der Waals surface area contributed by atoms with Crippen LogP contribution in [0.1, 0.15) is 39.1 Å². The van der Waals surface area contributed by atoms with Crippen molar-refractivity contribution in [3.05, 3.63) is 29.6 Å². The standard InChI is InChI=1S/C14H24N2/c1-11(2)9-16(12(3)4)10-14-8-6-7-13(5)15-14/h6-8,11-12H,9-10H2,1-5H3. The predicted molar refractivity (Wildman–Crippen MR) is 69.4 cm³/mol. The van der Waals surface area contributed by atoms with Crippen molar-refractivity contribution in [2.24, 2.45) is 5.92 Å². The number of hydrogen-bond acceptors (Lipinski definition) is 2. The molecule has 0 aliphatic carbocycles. The molecule has 0 saturated heterocycles. The SMILES string of the molecule is Cc1cccc(CN(CC(C)C)C(C)C)n1. The fourth-order valence-corrected chi connectivity index (χ4v) is 1.82. The van der Waals surface area contributed by atoms with Gasteiger partial charge in [-0.25, -0.2) is 0 Å². The summed E-state index contributed by atoms with van der Waals surface area (Å²) in [5.41, 5.74) is 2.28. The normalized spacial score (nSPS) is 11.8. The van der Waals surface area contributed by atoms with Gasteiger partial charge in [0.25, 0.3) is 0 Å². The van der Waals surface area contributed by atoms with Crippen molar-refractivity contribution in [1.82, 2.24) is 9.88 Å². The van der Waals surface area contributed by atoms with Gasteiger partial charge in [0.05, 0.1) is 5.69 Å². The van der Waals surface area contributed by atoms with Gasteiger partial charge in [-0.05, 0) is 38.8 Å². The largest absolute Gasteiger partial charge is 0.295 e. The van der Waals surface area contributed by atoms with Crippen LogP contribution in [0.4, 0.5) is 0 Å². The van der Waals surface area contributed by atoms with E-state index >= 15 is 0 Å². The lowest BCUT2D eigenvalue weighted by Crippen LogP contribution is -2.33. The summed E-state index contributed by atoms with van der Waals surface area (Å²) in [5, 5.41) is 0. The van der Waals surface area contributed by atoms with E-state index in [1.165, 1.54) is 5.69 Å². The second-order valence-corrected chi connectivity index (χ2v) is 5.19. The van der Waals surface area contributed by atoms with Crippen molar-refractivity contribution in [3.63, 3.8) is 0 Å². The summed E-state index contributed by atoms with van der Waals surface area (Å²) in [5.74, 6) is 0.701. The van der Waals surface area contributed by atoms with Crippen LogP contribution in [0.2, 0.25) is 0 Å². The van der Waals surface area contributed by atoms with Gasteiger partial charge in [0.15, 0.2) is 0 Å². The molecular weight excluding hydrogens is 196 g/mol. The molecule has 16 heavy (non-hydrogen) atoms. The van der Waals surface area contributed by atoms with Crippen LogP contribution >= 0.6 is 0 Å². The number of rotatable bonds is 5. The first-order chi connectivity index (χ1) is 7.49. The summed E-state index contributed by atoms with van der Waals surface area (Å²) in [6.45, 7) is 13.2. The summed E-state index contributed by atoms with van der Waals surface area (Å²) in [7, 11) is 0. The average molecular weight is 220 g/mol. The zero-order valence-electron chi connectivity index (χ0n) is 11.2. The molecule has 1 aromatic heterocycles. The molecule has 2 nitrogen and oxygen atoms in total. The molecule has 2 heteroatoms. The highest BCUT2D eigenvalue weighted by Gasteiger charge is 2.12. The molecule has 1 aromatic rings. The van der Waals surface area contributed by atoms with Gasteiger partial charge >= 0.3 is 0 Å². The maximum atomic E-state index is 4.56. The van der Waals surface area contributed by atoms with Crippen LogP contribution in [0.5, 0.6) is 0 Å². The zero-order chi connectivity index (χ0) is 12.1. The van der Waals surface area contributed by atoms with E-state index in [0.29, 0.717) is 12.0 Å². The molecule has 0 bridgehead atoms. The Labute approximate surface area is 99.7 Å². The second kappa shape index (κ2) is 6.00. The summed E-state index contributed by atoms with van der Waals surface area (Å²) in [4.78, 5) is 7.04. The lowest BCUT2D eigenvalue weighted by Gasteiger charge is -2.27. The maximum Gasteiger partial charge on any atom is 0.0547 e. The van der Waals surface area contributed by atoms with E-state index in [4.69, 9.17) is 0 Å². The first kappa shape index (κ1) is 13.2. The third-order valence-electron chi connectivity index (χ3n) is 2.64. The Kier molecular flexibility index (Phi) is 4.94. The number of nitrogens with zero attached hydrogens (tertiary/aromatic N) is 2. The van der Waals surface area contributed by atoms with Crippen LogP contribution in [0.15, 0.2) is 18.2 Å². The molecule has 0 atom stereocenters. The highest BCUT2D eigenvalue weighted by Crippen LogP contribution is 2.09. The van der Waals surface area contributed by atoms with Crippen molar-refractivity contribution in [1.29, 1.82) is 0 Å². The lowest BCUT2D eigenvalue weighted by molar-refractivity contribution is 0.187. The van der Waals surface area contributed by atoms with Crippen LogP contribution in [-0.4, -0.2) is 22.5 Å². The molecule has 0 aromatic carbocycles. The first-order valence-electron chi connectivity index (χ1n) is 6.15. The van der Waals surface area contributed by atoms with Crippen molar-refractivity contribution in [2.75, 3.05) is 6.54 Å². The predicted octanol–water partition coefficient (Wildman–Crippen LogP) is 3.26. The van der Waals surface area contributed by atoms with Crippen LogP contribution in [-0.2, 0) is 6.54 Å². The Morgan fingerprint density at radius 2 is 1.88 bits per heavy atom. The number of aromatic nitrogens is 1. The third-order valence-corrected chi connectivity index (χ3v) is 2.64. The van der Waals surface area contributed by atoms with Crippen molar-refractivity contribution >= 4 is 0 Å². The van der Waals surface area contributed by atoms with Crippen LogP contribution < -0.4 is 0 Å². The maximum absolute atomic E-state index is 4.56. The summed E-state index contributed by atoms with van der Waals surface area (Å²) in [6.07, 6.45) is 0. The monoisotopic (exact) mass is 220 g/mol. The molecule has 1 rings (SSSR count). The highest BCUT2D eigenvalue weighted by atomic mass is 15.2. The van der Waals surface area contributed by atoms with Gasteiger partial charge in [0.2, 0.25) is 0 Å². The minimum Gasteiger partial charge on any atom is -0.295 e. The van der Waals surface area contributed by atoms with Gasteiger partial charge < -0.3 is 0 Å². The van der Waals surface area contributed by atoms with Gasteiger partial charge in [-0.3, -0.25) is 9.88 Å². The molecular formula is C14H24N2. The molecule has 0 N–H and O–H groups in total. The van der Waals surface area contributed by atoms with Gasteiger partial charge in [-0.1, -0.05) is 19.9 Å². The number of aryl methyl sites for hydroxylation is 1. The van der Waals surface area contributed by atoms with Gasteiger partial charge in [0, 0.05) is 24.8 Å². The zero-order valence-corrected chi connectivity index (χ0v) is 11.2. The summed E-state index contributed by atoms with van der Waals surface area (Å²) < 4.78 is 0. The average Bonchev–Trinajstić information content (AvgIpc) is 2.15. The van der Waals surface area contributed by atoms with Crippen LogP contribution in [0, 0.1) is 12.8 Å². The van der Waals surface area contributed by atoms with E-state index in [9.17, 15) is 0 Å². The summed E-state index contributed by atoms with van der Waals surface area (Å²) in [6, 6.07) is 6.82.